The largest absolute Gasteiger partial charge is 0.503 e. The number of aromatic nitrogens is 2. The summed E-state index contributed by atoms with van der Waals surface area (Å²) in [6, 6.07) is 18.2. The van der Waals surface area contributed by atoms with E-state index >= 15 is 4.79 Å². The molecule has 0 radical (unpaired) electrons. The minimum Gasteiger partial charge on any atom is -0.503 e. The second-order valence-electron chi connectivity index (χ2n) is 15.5. The average Bonchev–Trinajstić information content (AvgIpc) is 3.86. The van der Waals surface area contributed by atoms with Gasteiger partial charge in [0.15, 0.2) is 11.5 Å². The highest BCUT2D eigenvalue weighted by Crippen LogP contribution is 2.64. The number of halogens is 2. The second-order valence-corrected chi connectivity index (χ2v) is 17.4. The molecule has 2 aromatic heterocycles. The van der Waals surface area contributed by atoms with Gasteiger partial charge in [-0.15, -0.1) is 11.3 Å². The maximum Gasteiger partial charge on any atom is 0.242 e. The molecule has 6 atom stereocenters. The van der Waals surface area contributed by atoms with Crippen molar-refractivity contribution in [3.05, 3.63) is 99.0 Å². The molecule has 0 unspecified atom stereocenters. The van der Waals surface area contributed by atoms with Crippen LogP contribution in [0.5, 0.6) is 11.5 Å². The summed E-state index contributed by atoms with van der Waals surface area (Å²) in [5.74, 6) is -4.71. The Morgan fingerprint density at radius 1 is 0.964 bits per heavy atom. The number of methoxy groups -OCH3 is 1. The SMILES string of the molecule is CCc1ccc(N2C(=O)[C@H]3[C@H](CC=C4[C@H]3C[C@H]3C(=O)N(c5cc(-c6sc7ccc(Cl)cc7c6C)nn5C)C(=O)[C@@]3(C)[C@H]4c3cc(Cl)c(O)c(OC)c3)C2=O)cc1. The number of aromatic hydroxyl groups is 1. The van der Waals surface area contributed by atoms with Crippen LogP contribution in [0.4, 0.5) is 11.5 Å². The monoisotopic (exact) mass is 808 g/mol. The second kappa shape index (κ2) is 13.0. The van der Waals surface area contributed by atoms with Crippen molar-refractivity contribution in [2.45, 2.75) is 46.0 Å². The summed E-state index contributed by atoms with van der Waals surface area (Å²) in [7, 11) is 3.12. The normalized spacial score (nSPS) is 25.8. The first kappa shape index (κ1) is 36.7. The highest BCUT2D eigenvalue weighted by atomic mass is 35.5. The number of nitrogens with zero attached hydrogens (tertiary/aromatic N) is 4. The Morgan fingerprint density at radius 3 is 2.43 bits per heavy atom. The van der Waals surface area contributed by atoms with Crippen LogP contribution in [-0.4, -0.2) is 45.6 Å². The van der Waals surface area contributed by atoms with Gasteiger partial charge in [-0.1, -0.05) is 53.9 Å². The Balaban J connectivity index is 1.16. The summed E-state index contributed by atoms with van der Waals surface area (Å²) >= 11 is 14.5. The Kier molecular flexibility index (Phi) is 8.54. The third-order valence-corrected chi connectivity index (χ3v) is 14.5. The van der Waals surface area contributed by atoms with E-state index in [2.05, 4.69) is 0 Å². The number of hydrogen-bond acceptors (Lipinski definition) is 8. The molecule has 286 valence electrons. The number of carbonyl (C=O) groups is 4. The van der Waals surface area contributed by atoms with Crippen LogP contribution < -0.4 is 14.5 Å². The summed E-state index contributed by atoms with van der Waals surface area (Å²) in [5.41, 5.74) is 3.23. The fraction of sp³-hybridized carbons (Fsp3) is 0.326. The van der Waals surface area contributed by atoms with Gasteiger partial charge in [-0.3, -0.25) is 28.8 Å². The van der Waals surface area contributed by atoms with Gasteiger partial charge < -0.3 is 9.84 Å². The van der Waals surface area contributed by atoms with Gasteiger partial charge in [-0.2, -0.15) is 5.10 Å². The quantitative estimate of drug-likeness (QED) is 0.135. The number of anilines is 2. The van der Waals surface area contributed by atoms with Crippen LogP contribution in [0.2, 0.25) is 10.0 Å². The van der Waals surface area contributed by atoms with Gasteiger partial charge in [0, 0.05) is 28.8 Å². The van der Waals surface area contributed by atoms with Crippen molar-refractivity contribution < 1.29 is 29.0 Å². The number of imide groups is 2. The van der Waals surface area contributed by atoms with Crippen molar-refractivity contribution >= 4 is 79.8 Å². The standard InChI is InChI=1S/C43H38Cl2N4O6S/c1-6-21-7-10-24(11-8-21)48-39(51)26-13-12-25-28(35(26)41(48)53)18-29-40(52)49(42(54)43(29,3)36(25)22-15-30(45)37(50)32(16-22)55-5)34-19-31(46-47(34)4)38-20(2)27-17-23(44)9-14-33(27)56-38/h7-12,14-17,19,26,28-29,35-36,50H,6,13,18H2,1-5H3/t26-,28+,29-,35-,36-,43+/m0/s1. The number of hydrogen-bond donors (Lipinski definition) is 1. The molecule has 1 N–H and O–H groups in total. The summed E-state index contributed by atoms with van der Waals surface area (Å²) < 4.78 is 8.11. The van der Waals surface area contributed by atoms with Crippen molar-refractivity contribution in [3.8, 4) is 22.1 Å². The molecular weight excluding hydrogens is 771 g/mol. The van der Waals surface area contributed by atoms with Gasteiger partial charge >= 0.3 is 0 Å². The molecule has 5 aromatic rings. The maximum atomic E-state index is 15.2. The summed E-state index contributed by atoms with van der Waals surface area (Å²) in [5, 5.41) is 17.2. The van der Waals surface area contributed by atoms with Crippen LogP contribution >= 0.6 is 34.5 Å². The molecule has 4 heterocycles. The number of rotatable bonds is 6. The average molecular weight is 810 g/mol. The number of carbonyl (C=O) groups excluding carboxylic acids is 4. The number of phenols is 1. The third-order valence-electron chi connectivity index (χ3n) is 12.7. The fourth-order valence-corrected chi connectivity index (χ4v) is 11.4. The predicted octanol–water partition coefficient (Wildman–Crippen LogP) is 8.63. The fourth-order valence-electron chi connectivity index (χ4n) is 9.88. The number of benzene rings is 3. The number of aryl methyl sites for hydroxylation is 3. The molecule has 0 spiro atoms. The Hall–Kier alpha value is -4.97. The lowest BCUT2D eigenvalue weighted by atomic mass is 9.51. The van der Waals surface area contributed by atoms with Crippen LogP contribution in [0, 0.1) is 36.0 Å². The zero-order valence-corrected chi connectivity index (χ0v) is 33.6. The zero-order valence-electron chi connectivity index (χ0n) is 31.3. The lowest BCUT2D eigenvalue weighted by Gasteiger charge is -2.49. The van der Waals surface area contributed by atoms with Crippen molar-refractivity contribution in [3.63, 3.8) is 0 Å². The molecule has 2 aliphatic heterocycles. The van der Waals surface area contributed by atoms with Crippen LogP contribution in [0.1, 0.15) is 49.3 Å². The molecule has 9 rings (SSSR count). The number of fused-ring (bicyclic) bond motifs is 5. The highest BCUT2D eigenvalue weighted by molar-refractivity contribution is 7.22. The van der Waals surface area contributed by atoms with E-state index in [4.69, 9.17) is 33.0 Å². The first-order valence-corrected chi connectivity index (χ1v) is 20.2. The van der Waals surface area contributed by atoms with E-state index in [1.165, 1.54) is 16.9 Å². The van der Waals surface area contributed by atoms with Crippen molar-refractivity contribution in [2.75, 3.05) is 16.9 Å². The van der Waals surface area contributed by atoms with E-state index in [9.17, 15) is 19.5 Å². The van der Waals surface area contributed by atoms with Gasteiger partial charge in [-0.25, -0.2) is 4.90 Å². The minimum atomic E-state index is -1.34. The summed E-state index contributed by atoms with van der Waals surface area (Å²) in [4.78, 5) is 62.2. The summed E-state index contributed by atoms with van der Waals surface area (Å²) in [6.45, 7) is 5.85. The van der Waals surface area contributed by atoms with Crippen molar-refractivity contribution in [1.82, 2.24) is 9.78 Å². The van der Waals surface area contributed by atoms with Gasteiger partial charge in [-0.05, 0) is 104 Å². The van der Waals surface area contributed by atoms with Crippen LogP contribution in [-0.2, 0) is 32.6 Å². The molecule has 2 aliphatic carbocycles. The molecule has 10 nitrogen and oxygen atoms in total. The number of ether oxygens (including phenoxy) is 1. The molecule has 4 amide bonds. The molecule has 56 heavy (non-hydrogen) atoms. The molecule has 13 heteroatoms. The number of phenolic OH excluding ortho intramolecular Hbond substituents is 1. The molecule has 3 fully saturated rings. The van der Waals surface area contributed by atoms with Gasteiger partial charge in [0.2, 0.25) is 23.6 Å². The molecule has 0 bridgehead atoms. The molecule has 2 saturated heterocycles. The Bertz CT molecular complexity index is 2580. The zero-order chi connectivity index (χ0) is 39.5. The minimum absolute atomic E-state index is 0.0228. The van der Waals surface area contributed by atoms with Crippen molar-refractivity contribution in [1.29, 1.82) is 0 Å². The maximum absolute atomic E-state index is 15.2. The van der Waals surface area contributed by atoms with E-state index in [-0.39, 0.29) is 34.8 Å². The van der Waals surface area contributed by atoms with E-state index in [1.807, 2.05) is 50.3 Å². The lowest BCUT2D eigenvalue weighted by molar-refractivity contribution is -0.131. The number of thiophene rings is 1. The van der Waals surface area contributed by atoms with E-state index < -0.39 is 46.8 Å². The highest BCUT2D eigenvalue weighted by Gasteiger charge is 2.68. The number of amides is 4. The van der Waals surface area contributed by atoms with Gasteiger partial charge in [0.05, 0.1) is 45.9 Å². The molecular formula is C43H38Cl2N4O6S. The topological polar surface area (TPSA) is 122 Å². The van der Waals surface area contributed by atoms with Gasteiger partial charge in [0.1, 0.15) is 11.5 Å². The van der Waals surface area contributed by atoms with Crippen LogP contribution in [0.3, 0.4) is 0 Å². The van der Waals surface area contributed by atoms with E-state index in [0.29, 0.717) is 34.2 Å². The Morgan fingerprint density at radius 2 is 1.71 bits per heavy atom. The third kappa shape index (κ3) is 5.09. The lowest BCUT2D eigenvalue weighted by Crippen LogP contribution is -2.49. The molecule has 3 aromatic carbocycles. The smallest absolute Gasteiger partial charge is 0.242 e. The van der Waals surface area contributed by atoms with E-state index in [0.717, 1.165) is 38.1 Å². The van der Waals surface area contributed by atoms with Crippen molar-refractivity contribution in [2.24, 2.45) is 36.1 Å². The predicted molar refractivity (Wildman–Crippen MR) is 216 cm³/mol. The van der Waals surface area contributed by atoms with Crippen LogP contribution in [0.15, 0.2) is 72.3 Å². The van der Waals surface area contributed by atoms with Crippen LogP contribution in [0.25, 0.3) is 20.7 Å². The first-order chi connectivity index (χ1) is 26.8. The van der Waals surface area contributed by atoms with Gasteiger partial charge in [0.25, 0.3) is 0 Å². The first-order valence-electron chi connectivity index (χ1n) is 18.6. The Labute approximate surface area is 337 Å². The summed E-state index contributed by atoms with van der Waals surface area (Å²) in [6.07, 6.45) is 3.29. The molecule has 4 aliphatic rings. The van der Waals surface area contributed by atoms with E-state index in [1.54, 1.807) is 60.3 Å². The molecule has 1 saturated carbocycles. The number of allylic oxidation sites excluding steroid dienone is 2.